The highest BCUT2D eigenvalue weighted by Gasteiger charge is 2.35. The summed E-state index contributed by atoms with van der Waals surface area (Å²) in [5, 5.41) is 3.99. The van der Waals surface area contributed by atoms with Gasteiger partial charge in [-0.2, -0.15) is 0 Å². The Morgan fingerprint density at radius 2 is 2.04 bits per heavy atom. The van der Waals surface area contributed by atoms with Gasteiger partial charge >= 0.3 is 0 Å². The quantitative estimate of drug-likeness (QED) is 0.767. The number of aromatic nitrogens is 1. The van der Waals surface area contributed by atoms with Crippen molar-refractivity contribution < 1.29 is 9.59 Å². The first-order chi connectivity index (χ1) is 12.8. The lowest BCUT2D eigenvalue weighted by Crippen LogP contribution is -2.48. The molecular weight excluding hydrogens is 362 g/mol. The maximum Gasteiger partial charge on any atom is 0.242 e. The van der Waals surface area contributed by atoms with Crippen molar-refractivity contribution in [3.8, 4) is 0 Å². The van der Waals surface area contributed by atoms with Gasteiger partial charge in [-0.15, -0.1) is 11.6 Å². The first kappa shape index (κ1) is 19.7. The Hall–Kier alpha value is -2.01. The number of halogens is 1. The molecule has 2 N–H and O–H groups in total. The number of alkyl halides is 1. The number of fused-ring (bicyclic) bond motifs is 3. The largest absolute Gasteiger partial charge is 0.356 e. The van der Waals surface area contributed by atoms with Gasteiger partial charge in [0.25, 0.3) is 0 Å². The van der Waals surface area contributed by atoms with E-state index in [-0.39, 0.29) is 36.2 Å². The molecule has 1 aromatic heterocycles. The van der Waals surface area contributed by atoms with Crippen molar-refractivity contribution >= 4 is 34.3 Å². The van der Waals surface area contributed by atoms with Crippen molar-refractivity contribution in [2.75, 3.05) is 19.0 Å². The number of benzene rings is 1. The summed E-state index contributed by atoms with van der Waals surface area (Å²) in [6.45, 7) is 8.45. The average molecular weight is 390 g/mol. The summed E-state index contributed by atoms with van der Waals surface area (Å²) in [6.07, 6.45) is 0.815. The number of hydrogen-bond acceptors (Lipinski definition) is 2. The van der Waals surface area contributed by atoms with Gasteiger partial charge in [0.1, 0.15) is 0 Å². The highest BCUT2D eigenvalue weighted by molar-refractivity contribution is 6.19. The van der Waals surface area contributed by atoms with Crippen LogP contribution in [0.2, 0.25) is 0 Å². The number of nitrogens with one attached hydrogen (secondary N) is 2. The van der Waals surface area contributed by atoms with Gasteiger partial charge in [0.2, 0.25) is 11.8 Å². The Morgan fingerprint density at radius 3 is 2.70 bits per heavy atom. The maximum absolute atomic E-state index is 12.9. The van der Waals surface area contributed by atoms with Crippen LogP contribution in [-0.4, -0.2) is 40.7 Å². The summed E-state index contributed by atoms with van der Waals surface area (Å²) < 4.78 is 0. The summed E-state index contributed by atoms with van der Waals surface area (Å²) in [7, 11) is 0. The number of aromatic amines is 1. The molecule has 1 aromatic carbocycles. The Labute approximate surface area is 165 Å². The summed E-state index contributed by atoms with van der Waals surface area (Å²) >= 11 is 5.85. The van der Waals surface area contributed by atoms with E-state index in [0.29, 0.717) is 6.54 Å². The smallest absolute Gasteiger partial charge is 0.242 e. The van der Waals surface area contributed by atoms with Gasteiger partial charge in [0.15, 0.2) is 0 Å². The molecule has 0 radical (unpaired) electrons. The number of H-pyrrole nitrogens is 1. The van der Waals surface area contributed by atoms with E-state index < -0.39 is 5.41 Å². The summed E-state index contributed by atoms with van der Waals surface area (Å²) in [5.41, 5.74) is 2.85. The van der Waals surface area contributed by atoms with Crippen LogP contribution in [0.1, 0.15) is 45.0 Å². The number of amides is 2. The van der Waals surface area contributed by atoms with Crippen molar-refractivity contribution in [3.05, 3.63) is 35.5 Å². The molecule has 146 valence electrons. The molecule has 6 heteroatoms. The molecular formula is C21H28ClN3O2. The summed E-state index contributed by atoms with van der Waals surface area (Å²) in [5.74, 6) is 0.215. The summed E-state index contributed by atoms with van der Waals surface area (Å²) in [6, 6.07) is 8.25. The van der Waals surface area contributed by atoms with Crippen molar-refractivity contribution in [1.29, 1.82) is 0 Å². The molecule has 0 spiro atoms. The number of carbonyl (C=O) groups is 2. The number of hydrogen-bond donors (Lipinski definition) is 2. The molecule has 2 heterocycles. The molecule has 0 saturated heterocycles. The highest BCUT2D eigenvalue weighted by Crippen LogP contribution is 2.38. The number of nitrogens with zero attached hydrogens (tertiary/aromatic N) is 1. The fraction of sp³-hybridized carbons (Fsp3) is 0.524. The van der Waals surface area contributed by atoms with Gasteiger partial charge in [-0.3, -0.25) is 9.59 Å². The minimum atomic E-state index is -0.689. The number of para-hydroxylation sites is 1. The molecule has 3 rings (SSSR count). The normalized spacial score (nSPS) is 17.3. The van der Waals surface area contributed by atoms with Crippen LogP contribution < -0.4 is 5.32 Å². The third-order valence-electron chi connectivity index (χ3n) is 5.38. The first-order valence-electron chi connectivity index (χ1n) is 9.49. The first-order valence-corrected chi connectivity index (χ1v) is 10.0. The predicted octanol–water partition coefficient (Wildman–Crippen LogP) is 3.63. The molecule has 0 fully saturated rings. The third-order valence-corrected chi connectivity index (χ3v) is 6.05. The fourth-order valence-electron chi connectivity index (χ4n) is 3.80. The molecule has 0 saturated carbocycles. The van der Waals surface area contributed by atoms with Crippen molar-refractivity contribution in [2.45, 2.75) is 40.2 Å². The van der Waals surface area contributed by atoms with Crippen LogP contribution in [0.3, 0.4) is 0 Å². The van der Waals surface area contributed by atoms with Crippen molar-refractivity contribution in [1.82, 2.24) is 15.2 Å². The van der Waals surface area contributed by atoms with E-state index >= 15 is 0 Å². The number of carbonyl (C=O) groups excluding carboxylic acids is 2. The molecule has 1 atom stereocenters. The highest BCUT2D eigenvalue weighted by atomic mass is 35.5. The van der Waals surface area contributed by atoms with Crippen molar-refractivity contribution in [2.24, 2.45) is 11.3 Å². The molecule has 2 aromatic rings. The molecule has 0 bridgehead atoms. The Bertz CT molecular complexity index is 856. The average Bonchev–Trinajstić information content (AvgIpc) is 3.03. The van der Waals surface area contributed by atoms with Gasteiger partial charge in [0, 0.05) is 29.0 Å². The van der Waals surface area contributed by atoms with Crippen LogP contribution in [0, 0.1) is 11.3 Å². The zero-order valence-electron chi connectivity index (χ0n) is 16.4. The topological polar surface area (TPSA) is 65.2 Å². The minimum absolute atomic E-state index is 0.00205. The van der Waals surface area contributed by atoms with Crippen LogP contribution in [-0.2, 0) is 16.0 Å². The van der Waals surface area contributed by atoms with Crippen LogP contribution >= 0.6 is 11.6 Å². The van der Waals surface area contributed by atoms with Crippen LogP contribution in [0.15, 0.2) is 24.3 Å². The molecule has 27 heavy (non-hydrogen) atoms. The Balaban J connectivity index is 1.82. The van der Waals surface area contributed by atoms with Gasteiger partial charge in [-0.1, -0.05) is 32.0 Å². The van der Waals surface area contributed by atoms with Gasteiger partial charge in [-0.25, -0.2) is 0 Å². The van der Waals surface area contributed by atoms with E-state index in [9.17, 15) is 9.59 Å². The molecule has 1 aliphatic rings. The number of rotatable bonds is 5. The Kier molecular flexibility index (Phi) is 5.52. The van der Waals surface area contributed by atoms with E-state index in [2.05, 4.69) is 36.3 Å². The minimum Gasteiger partial charge on any atom is -0.356 e. The molecule has 0 aliphatic carbocycles. The van der Waals surface area contributed by atoms with Gasteiger partial charge < -0.3 is 15.2 Å². The predicted molar refractivity (Wildman–Crippen MR) is 109 cm³/mol. The van der Waals surface area contributed by atoms with E-state index in [4.69, 9.17) is 11.6 Å². The zero-order chi connectivity index (χ0) is 19.8. The van der Waals surface area contributed by atoms with E-state index in [1.807, 2.05) is 17.0 Å². The molecule has 5 nitrogen and oxygen atoms in total. The van der Waals surface area contributed by atoms with E-state index in [1.165, 1.54) is 10.9 Å². The molecule has 2 amide bonds. The molecule has 1 aliphatic heterocycles. The monoisotopic (exact) mass is 389 g/mol. The Morgan fingerprint density at radius 1 is 1.33 bits per heavy atom. The lowest BCUT2D eigenvalue weighted by Gasteiger charge is -2.38. The van der Waals surface area contributed by atoms with Crippen molar-refractivity contribution in [3.63, 3.8) is 0 Å². The second kappa shape index (κ2) is 7.55. The third kappa shape index (κ3) is 3.70. The molecule has 1 unspecified atom stereocenters. The second-order valence-electron chi connectivity index (χ2n) is 8.29. The maximum atomic E-state index is 12.9. The van der Waals surface area contributed by atoms with E-state index in [0.717, 1.165) is 17.6 Å². The van der Waals surface area contributed by atoms with Gasteiger partial charge in [-0.05, 0) is 37.8 Å². The zero-order valence-corrected chi connectivity index (χ0v) is 17.2. The second-order valence-corrected chi connectivity index (χ2v) is 8.56. The summed E-state index contributed by atoms with van der Waals surface area (Å²) in [4.78, 5) is 30.6. The fourth-order valence-corrected chi connectivity index (χ4v) is 3.92. The van der Waals surface area contributed by atoms with Crippen LogP contribution in [0.25, 0.3) is 10.9 Å². The van der Waals surface area contributed by atoms with Crippen LogP contribution in [0.4, 0.5) is 0 Å². The van der Waals surface area contributed by atoms with Gasteiger partial charge in [0.05, 0.1) is 18.0 Å². The standard InChI is InChI=1S/C21H28ClN3O2/c1-13(2)19-18-15(14-7-5-6-8-16(14)24-18)9-10-25(19)17(26)11-23-20(27)21(3,4)12-22/h5-8,13,19,24H,9-12H2,1-4H3,(H,23,27). The van der Waals surface area contributed by atoms with E-state index in [1.54, 1.807) is 13.8 Å². The SMILES string of the molecule is CC(C)C1c2[nH]c3ccccc3c2CCN1C(=O)CNC(=O)C(C)(C)CCl. The van der Waals surface area contributed by atoms with Crippen LogP contribution in [0.5, 0.6) is 0 Å². The lowest BCUT2D eigenvalue weighted by molar-refractivity contribution is -0.137. The lowest BCUT2D eigenvalue weighted by atomic mass is 9.90.